The van der Waals surface area contributed by atoms with Crippen LogP contribution in [0.4, 0.5) is 14.5 Å². The van der Waals surface area contributed by atoms with E-state index in [0.29, 0.717) is 24.2 Å². The summed E-state index contributed by atoms with van der Waals surface area (Å²) in [5.41, 5.74) is 2.12. The topological polar surface area (TPSA) is 57.7 Å². The van der Waals surface area contributed by atoms with E-state index in [1.807, 2.05) is 0 Å². The molecule has 2 aromatic rings. The molecule has 1 saturated carbocycles. The van der Waals surface area contributed by atoms with Crippen molar-refractivity contribution in [2.45, 2.75) is 31.8 Å². The lowest BCUT2D eigenvalue weighted by Gasteiger charge is -2.23. The third-order valence-corrected chi connectivity index (χ3v) is 6.36. The first-order valence-electron chi connectivity index (χ1n) is 9.09. The van der Waals surface area contributed by atoms with Crippen LogP contribution >= 0.6 is 0 Å². The molecule has 0 bridgehead atoms. The van der Waals surface area contributed by atoms with E-state index < -0.39 is 21.7 Å². The van der Waals surface area contributed by atoms with Crippen LogP contribution in [-0.2, 0) is 23.0 Å². The van der Waals surface area contributed by atoms with Crippen LogP contribution in [0.3, 0.4) is 0 Å². The van der Waals surface area contributed by atoms with Gasteiger partial charge in [0.15, 0.2) is 0 Å². The van der Waals surface area contributed by atoms with Crippen molar-refractivity contribution >= 4 is 21.6 Å². The number of hydrogen-bond acceptors (Lipinski definition) is 3. The number of nitrogens with zero attached hydrogens (tertiary/aromatic N) is 2. The Bertz CT molecular complexity index is 1050. The summed E-state index contributed by atoms with van der Waals surface area (Å²) in [5.74, 6) is -1.55. The van der Waals surface area contributed by atoms with Crippen LogP contribution in [0.25, 0.3) is 0 Å². The van der Waals surface area contributed by atoms with Gasteiger partial charge in [-0.3, -0.25) is 9.10 Å². The number of carbonyl (C=O) groups excluding carboxylic acids is 1. The molecule has 1 amide bonds. The van der Waals surface area contributed by atoms with E-state index in [2.05, 4.69) is 0 Å². The Balaban J connectivity index is 1.60. The van der Waals surface area contributed by atoms with Gasteiger partial charge in [-0.1, -0.05) is 6.07 Å². The van der Waals surface area contributed by atoms with Gasteiger partial charge in [-0.2, -0.15) is 0 Å². The first kappa shape index (κ1) is 18.9. The Morgan fingerprint density at radius 1 is 1.18 bits per heavy atom. The maximum absolute atomic E-state index is 14.1. The molecule has 0 unspecified atom stereocenters. The van der Waals surface area contributed by atoms with Crippen molar-refractivity contribution in [3.05, 3.63) is 64.7 Å². The summed E-state index contributed by atoms with van der Waals surface area (Å²) in [5, 5.41) is 0. The maximum atomic E-state index is 14.1. The summed E-state index contributed by atoms with van der Waals surface area (Å²) in [6.07, 6.45) is 3.40. The molecule has 0 saturated heterocycles. The number of anilines is 1. The Morgan fingerprint density at radius 3 is 2.57 bits per heavy atom. The summed E-state index contributed by atoms with van der Waals surface area (Å²) in [4.78, 5) is 14.7. The lowest BCUT2D eigenvalue weighted by Crippen LogP contribution is -2.33. The molecular weight excluding hydrogens is 386 g/mol. The second-order valence-electron chi connectivity index (χ2n) is 7.33. The highest BCUT2D eigenvalue weighted by molar-refractivity contribution is 7.92. The van der Waals surface area contributed by atoms with Gasteiger partial charge >= 0.3 is 0 Å². The average molecular weight is 406 g/mol. The molecule has 1 aliphatic carbocycles. The molecular formula is C20H20F2N2O3S. The molecule has 0 atom stereocenters. The molecule has 2 aromatic carbocycles. The van der Waals surface area contributed by atoms with Crippen LogP contribution in [0, 0.1) is 11.6 Å². The SMILES string of the molecule is CS(=O)(=O)N1CCc2cc(C(=O)N(Cc3ccc(F)cc3F)C3CC3)ccc21. The predicted molar refractivity (Wildman–Crippen MR) is 102 cm³/mol. The molecule has 28 heavy (non-hydrogen) atoms. The zero-order chi connectivity index (χ0) is 20.1. The molecule has 148 valence electrons. The number of benzene rings is 2. The fraction of sp³-hybridized carbons (Fsp3) is 0.350. The molecule has 1 aliphatic heterocycles. The molecule has 1 fully saturated rings. The smallest absolute Gasteiger partial charge is 0.254 e. The summed E-state index contributed by atoms with van der Waals surface area (Å²) in [6.45, 7) is 0.432. The molecule has 0 radical (unpaired) electrons. The summed E-state index contributed by atoms with van der Waals surface area (Å²) in [6, 6.07) is 8.39. The Morgan fingerprint density at radius 2 is 1.93 bits per heavy atom. The highest BCUT2D eigenvalue weighted by Crippen LogP contribution is 2.34. The van der Waals surface area contributed by atoms with Crippen LogP contribution in [0.5, 0.6) is 0 Å². The van der Waals surface area contributed by atoms with Crippen molar-refractivity contribution in [1.82, 2.24) is 4.90 Å². The molecule has 0 aromatic heterocycles. The minimum Gasteiger partial charge on any atom is -0.331 e. The minimum atomic E-state index is -3.35. The highest BCUT2D eigenvalue weighted by Gasteiger charge is 2.34. The van der Waals surface area contributed by atoms with Crippen molar-refractivity contribution in [3.8, 4) is 0 Å². The Labute approximate surface area is 162 Å². The minimum absolute atomic E-state index is 0.0396. The Hall–Kier alpha value is -2.48. The summed E-state index contributed by atoms with van der Waals surface area (Å²) < 4.78 is 52.3. The van der Waals surface area contributed by atoms with Gasteiger partial charge < -0.3 is 4.90 Å². The molecule has 4 rings (SSSR count). The fourth-order valence-corrected chi connectivity index (χ4v) is 4.56. The van der Waals surface area contributed by atoms with Crippen molar-refractivity contribution < 1.29 is 22.0 Å². The van der Waals surface area contributed by atoms with Gasteiger partial charge in [-0.25, -0.2) is 17.2 Å². The molecule has 8 heteroatoms. The quantitative estimate of drug-likeness (QED) is 0.767. The van der Waals surface area contributed by atoms with E-state index in [1.54, 1.807) is 23.1 Å². The zero-order valence-electron chi connectivity index (χ0n) is 15.4. The van der Waals surface area contributed by atoms with E-state index in [1.165, 1.54) is 16.4 Å². The normalized spacial score (nSPS) is 16.2. The number of sulfonamides is 1. The van der Waals surface area contributed by atoms with Gasteiger partial charge in [0.25, 0.3) is 5.91 Å². The van der Waals surface area contributed by atoms with E-state index in [-0.39, 0.29) is 24.1 Å². The third kappa shape index (κ3) is 3.61. The van der Waals surface area contributed by atoms with E-state index in [0.717, 1.165) is 30.7 Å². The molecule has 0 N–H and O–H groups in total. The maximum Gasteiger partial charge on any atom is 0.254 e. The second-order valence-corrected chi connectivity index (χ2v) is 9.24. The zero-order valence-corrected chi connectivity index (χ0v) is 16.2. The van der Waals surface area contributed by atoms with Gasteiger partial charge in [0.05, 0.1) is 11.9 Å². The Kier molecular flexibility index (Phi) is 4.61. The van der Waals surface area contributed by atoms with Crippen molar-refractivity contribution in [3.63, 3.8) is 0 Å². The standard InChI is InChI=1S/C20H20F2N2O3S/c1-28(26,27)24-9-8-13-10-14(3-7-19(13)24)20(25)23(17-5-6-17)12-15-2-4-16(21)11-18(15)22/h2-4,7,10-11,17H,5-6,8-9,12H2,1H3. The average Bonchev–Trinajstić information content (AvgIpc) is 3.37. The molecule has 0 spiro atoms. The summed E-state index contributed by atoms with van der Waals surface area (Å²) >= 11 is 0. The van der Waals surface area contributed by atoms with Crippen LogP contribution in [0.1, 0.15) is 34.3 Å². The number of rotatable bonds is 5. The van der Waals surface area contributed by atoms with Gasteiger partial charge in [0.1, 0.15) is 11.6 Å². The molecule has 1 heterocycles. The van der Waals surface area contributed by atoms with E-state index >= 15 is 0 Å². The summed E-state index contributed by atoms with van der Waals surface area (Å²) in [7, 11) is -3.35. The van der Waals surface area contributed by atoms with E-state index in [4.69, 9.17) is 0 Å². The second kappa shape index (κ2) is 6.84. The lowest BCUT2D eigenvalue weighted by atomic mass is 10.1. The van der Waals surface area contributed by atoms with Crippen LogP contribution < -0.4 is 4.31 Å². The lowest BCUT2D eigenvalue weighted by molar-refractivity contribution is 0.0728. The first-order chi connectivity index (χ1) is 13.2. The fourth-order valence-electron chi connectivity index (χ4n) is 3.60. The number of fused-ring (bicyclic) bond motifs is 1. The van der Waals surface area contributed by atoms with Crippen molar-refractivity contribution in [2.75, 3.05) is 17.1 Å². The van der Waals surface area contributed by atoms with Crippen LogP contribution in [0.2, 0.25) is 0 Å². The highest BCUT2D eigenvalue weighted by atomic mass is 32.2. The van der Waals surface area contributed by atoms with Crippen LogP contribution in [0.15, 0.2) is 36.4 Å². The molecule has 2 aliphatic rings. The van der Waals surface area contributed by atoms with Gasteiger partial charge in [0, 0.05) is 36.3 Å². The largest absolute Gasteiger partial charge is 0.331 e. The number of carbonyl (C=O) groups is 1. The van der Waals surface area contributed by atoms with E-state index in [9.17, 15) is 22.0 Å². The predicted octanol–water partition coefficient (Wildman–Crippen LogP) is 3.09. The van der Waals surface area contributed by atoms with Gasteiger partial charge in [-0.15, -0.1) is 0 Å². The monoisotopic (exact) mass is 406 g/mol. The van der Waals surface area contributed by atoms with Crippen LogP contribution in [-0.4, -0.2) is 38.1 Å². The number of halogens is 2. The van der Waals surface area contributed by atoms with Crippen molar-refractivity contribution in [1.29, 1.82) is 0 Å². The molecule has 5 nitrogen and oxygen atoms in total. The van der Waals surface area contributed by atoms with Gasteiger partial charge in [-0.05, 0) is 49.1 Å². The first-order valence-corrected chi connectivity index (χ1v) is 10.9. The third-order valence-electron chi connectivity index (χ3n) is 5.18. The van der Waals surface area contributed by atoms with Gasteiger partial charge in [0.2, 0.25) is 10.0 Å². The number of hydrogen-bond donors (Lipinski definition) is 0. The number of amides is 1. The van der Waals surface area contributed by atoms with Crippen molar-refractivity contribution in [2.24, 2.45) is 0 Å².